The van der Waals surface area contributed by atoms with Gasteiger partial charge in [0.2, 0.25) is 0 Å². The normalized spacial score (nSPS) is 17.3. The van der Waals surface area contributed by atoms with E-state index in [9.17, 15) is 4.79 Å². The van der Waals surface area contributed by atoms with Gasteiger partial charge in [0.25, 0.3) is 5.91 Å². The highest BCUT2D eigenvalue weighted by atomic mass is 35.5. The van der Waals surface area contributed by atoms with Crippen molar-refractivity contribution in [1.29, 1.82) is 0 Å². The van der Waals surface area contributed by atoms with Gasteiger partial charge in [-0.1, -0.05) is 35.8 Å². The van der Waals surface area contributed by atoms with Crippen LogP contribution in [-0.2, 0) is 19.4 Å². The second-order valence-electron chi connectivity index (χ2n) is 5.59. The lowest BCUT2D eigenvalue weighted by molar-refractivity contribution is 0.0941. The van der Waals surface area contributed by atoms with Crippen molar-refractivity contribution in [2.24, 2.45) is 5.92 Å². The van der Waals surface area contributed by atoms with E-state index in [4.69, 9.17) is 16.1 Å². The number of halogens is 1. The second kappa shape index (κ2) is 5.90. The third-order valence-electron chi connectivity index (χ3n) is 3.87. The number of nitrogens with one attached hydrogen (secondary N) is 1. The van der Waals surface area contributed by atoms with Crippen molar-refractivity contribution >= 4 is 17.5 Å². The topological polar surface area (TPSA) is 55.1 Å². The summed E-state index contributed by atoms with van der Waals surface area (Å²) in [7, 11) is 0. The first-order valence-electron chi connectivity index (χ1n) is 7.13. The van der Waals surface area contributed by atoms with Gasteiger partial charge >= 0.3 is 0 Å². The van der Waals surface area contributed by atoms with Crippen LogP contribution in [-0.4, -0.2) is 11.1 Å². The lowest BCUT2D eigenvalue weighted by Crippen LogP contribution is -2.25. The summed E-state index contributed by atoms with van der Waals surface area (Å²) < 4.78 is 5.30. The van der Waals surface area contributed by atoms with E-state index in [-0.39, 0.29) is 5.91 Å². The molecule has 110 valence electrons. The van der Waals surface area contributed by atoms with Crippen molar-refractivity contribution in [2.45, 2.75) is 32.7 Å². The molecule has 0 aliphatic heterocycles. The van der Waals surface area contributed by atoms with Gasteiger partial charge < -0.3 is 9.84 Å². The molecule has 4 nitrogen and oxygen atoms in total. The van der Waals surface area contributed by atoms with Crippen LogP contribution in [0.1, 0.15) is 40.7 Å². The second-order valence-corrected chi connectivity index (χ2v) is 6.03. The van der Waals surface area contributed by atoms with Crippen LogP contribution in [0.2, 0.25) is 5.02 Å². The molecule has 0 saturated carbocycles. The van der Waals surface area contributed by atoms with Crippen LogP contribution in [0.3, 0.4) is 0 Å². The largest absolute Gasteiger partial charge is 0.360 e. The SMILES string of the molecule is C[C@@H]1CCc2onc(C(=O)NCc3ccc(Cl)cc3)c2C1. The van der Waals surface area contributed by atoms with Crippen LogP contribution < -0.4 is 5.32 Å². The number of fused-ring (bicyclic) bond motifs is 1. The van der Waals surface area contributed by atoms with Gasteiger partial charge in [0.1, 0.15) is 5.76 Å². The fraction of sp³-hybridized carbons (Fsp3) is 0.375. The van der Waals surface area contributed by atoms with Crippen molar-refractivity contribution in [1.82, 2.24) is 10.5 Å². The minimum absolute atomic E-state index is 0.177. The molecule has 1 atom stereocenters. The Morgan fingerprint density at radius 3 is 2.95 bits per heavy atom. The van der Waals surface area contributed by atoms with E-state index < -0.39 is 0 Å². The summed E-state index contributed by atoms with van der Waals surface area (Å²) in [4.78, 5) is 12.3. The molecule has 2 aromatic rings. The van der Waals surface area contributed by atoms with Gasteiger partial charge in [0.05, 0.1) is 0 Å². The van der Waals surface area contributed by atoms with Gasteiger partial charge in [0.15, 0.2) is 5.69 Å². The van der Waals surface area contributed by atoms with Gasteiger partial charge in [-0.15, -0.1) is 0 Å². The number of rotatable bonds is 3. The first-order chi connectivity index (χ1) is 10.1. The molecule has 0 unspecified atom stereocenters. The fourth-order valence-electron chi connectivity index (χ4n) is 2.62. The van der Waals surface area contributed by atoms with Crippen molar-refractivity contribution in [3.63, 3.8) is 0 Å². The summed E-state index contributed by atoms with van der Waals surface area (Å²) in [5, 5.41) is 7.52. The molecule has 1 aromatic heterocycles. The number of carbonyl (C=O) groups is 1. The van der Waals surface area contributed by atoms with Crippen LogP contribution in [0.5, 0.6) is 0 Å². The van der Waals surface area contributed by atoms with E-state index in [1.807, 2.05) is 24.3 Å². The molecule has 1 aliphatic rings. The quantitative estimate of drug-likeness (QED) is 0.945. The summed E-state index contributed by atoms with van der Waals surface area (Å²) in [5.41, 5.74) is 2.41. The monoisotopic (exact) mass is 304 g/mol. The smallest absolute Gasteiger partial charge is 0.274 e. The molecular formula is C16H17ClN2O2. The Hall–Kier alpha value is -1.81. The Morgan fingerprint density at radius 1 is 1.43 bits per heavy atom. The van der Waals surface area contributed by atoms with E-state index in [1.165, 1.54) is 0 Å². The fourth-order valence-corrected chi connectivity index (χ4v) is 2.75. The molecule has 21 heavy (non-hydrogen) atoms. The minimum Gasteiger partial charge on any atom is -0.360 e. The molecule has 1 amide bonds. The zero-order valence-corrected chi connectivity index (χ0v) is 12.6. The zero-order valence-electron chi connectivity index (χ0n) is 11.9. The van der Waals surface area contributed by atoms with E-state index in [0.717, 1.165) is 36.1 Å². The first kappa shape index (κ1) is 14.1. The van der Waals surface area contributed by atoms with E-state index in [2.05, 4.69) is 17.4 Å². The molecule has 0 fully saturated rings. The van der Waals surface area contributed by atoms with Crippen LogP contribution in [0.15, 0.2) is 28.8 Å². The number of nitrogens with zero attached hydrogens (tertiary/aromatic N) is 1. The molecule has 1 N–H and O–H groups in total. The van der Waals surface area contributed by atoms with Crippen LogP contribution >= 0.6 is 11.6 Å². The van der Waals surface area contributed by atoms with Crippen molar-refractivity contribution in [3.8, 4) is 0 Å². The predicted molar refractivity (Wildman–Crippen MR) is 80.3 cm³/mol. The van der Waals surface area contributed by atoms with Crippen LogP contribution in [0.4, 0.5) is 0 Å². The molecule has 1 heterocycles. The highest BCUT2D eigenvalue weighted by molar-refractivity contribution is 6.30. The number of hydrogen-bond donors (Lipinski definition) is 1. The standard InChI is InChI=1S/C16H17ClN2O2/c1-10-2-7-14-13(8-10)15(19-21-14)16(20)18-9-11-3-5-12(17)6-4-11/h3-6,10H,2,7-9H2,1H3,(H,18,20)/t10-/m1/s1. The van der Waals surface area contributed by atoms with Gasteiger partial charge in [0, 0.05) is 23.6 Å². The number of aromatic nitrogens is 1. The summed E-state index contributed by atoms with van der Waals surface area (Å²) in [6.07, 6.45) is 2.82. The Bertz CT molecular complexity index is 649. The number of aryl methyl sites for hydroxylation is 1. The number of carbonyl (C=O) groups excluding carboxylic acids is 1. The Kier molecular flexibility index (Phi) is 3.97. The summed E-state index contributed by atoms with van der Waals surface area (Å²) in [5.74, 6) is 1.26. The Morgan fingerprint density at radius 2 is 2.19 bits per heavy atom. The minimum atomic E-state index is -0.177. The van der Waals surface area contributed by atoms with Crippen LogP contribution in [0, 0.1) is 5.92 Å². The summed E-state index contributed by atoms with van der Waals surface area (Å²) in [6, 6.07) is 7.40. The number of amides is 1. The van der Waals surface area contributed by atoms with Crippen molar-refractivity contribution < 1.29 is 9.32 Å². The van der Waals surface area contributed by atoms with E-state index >= 15 is 0 Å². The van der Waals surface area contributed by atoms with Gasteiger partial charge in [-0.05, 0) is 36.5 Å². The Balaban J connectivity index is 1.68. The molecule has 0 bridgehead atoms. The molecule has 1 aromatic carbocycles. The highest BCUT2D eigenvalue weighted by Gasteiger charge is 2.26. The zero-order chi connectivity index (χ0) is 14.8. The molecule has 0 spiro atoms. The predicted octanol–water partition coefficient (Wildman–Crippen LogP) is 3.38. The lowest BCUT2D eigenvalue weighted by Gasteiger charge is -2.16. The van der Waals surface area contributed by atoms with E-state index in [0.29, 0.717) is 23.2 Å². The molecular weight excluding hydrogens is 288 g/mol. The number of hydrogen-bond acceptors (Lipinski definition) is 3. The highest BCUT2D eigenvalue weighted by Crippen LogP contribution is 2.27. The third kappa shape index (κ3) is 3.10. The van der Waals surface area contributed by atoms with Crippen LogP contribution in [0.25, 0.3) is 0 Å². The maximum atomic E-state index is 12.3. The molecule has 3 rings (SSSR count). The van der Waals surface area contributed by atoms with Gasteiger partial charge in [-0.3, -0.25) is 4.79 Å². The third-order valence-corrected chi connectivity index (χ3v) is 4.12. The maximum absolute atomic E-state index is 12.3. The van der Waals surface area contributed by atoms with Gasteiger partial charge in [-0.2, -0.15) is 0 Å². The average Bonchev–Trinajstić information content (AvgIpc) is 2.89. The van der Waals surface area contributed by atoms with Gasteiger partial charge in [-0.25, -0.2) is 0 Å². The molecule has 0 saturated heterocycles. The average molecular weight is 305 g/mol. The Labute approximate surface area is 128 Å². The molecule has 0 radical (unpaired) electrons. The summed E-state index contributed by atoms with van der Waals surface area (Å²) in [6.45, 7) is 2.64. The lowest BCUT2D eigenvalue weighted by atomic mass is 9.88. The van der Waals surface area contributed by atoms with Crippen molar-refractivity contribution in [2.75, 3.05) is 0 Å². The van der Waals surface area contributed by atoms with Crippen molar-refractivity contribution in [3.05, 3.63) is 51.9 Å². The molecule has 1 aliphatic carbocycles. The first-order valence-corrected chi connectivity index (χ1v) is 7.51. The summed E-state index contributed by atoms with van der Waals surface area (Å²) >= 11 is 5.84. The van der Waals surface area contributed by atoms with E-state index in [1.54, 1.807) is 0 Å². The number of benzene rings is 1. The maximum Gasteiger partial charge on any atom is 0.274 e. The molecule has 5 heteroatoms.